The molecule has 4 nitrogen and oxygen atoms in total. The van der Waals surface area contributed by atoms with Gasteiger partial charge in [0, 0.05) is 11.5 Å². The van der Waals surface area contributed by atoms with Gasteiger partial charge in [-0.15, -0.1) is 23.5 Å². The molecule has 1 saturated heterocycles. The van der Waals surface area contributed by atoms with Crippen LogP contribution >= 0.6 is 23.5 Å². The molecule has 6 heteroatoms. The predicted octanol–water partition coefficient (Wildman–Crippen LogP) is 4.80. The van der Waals surface area contributed by atoms with Crippen LogP contribution in [0.4, 0.5) is 0 Å². The summed E-state index contributed by atoms with van der Waals surface area (Å²) in [7, 11) is 0. The number of carbonyl (C=O) groups is 2. The molecule has 0 aliphatic carbocycles. The minimum atomic E-state index is -0.460. The molecule has 33 heavy (non-hydrogen) atoms. The molecule has 2 amide bonds. The number of β-lactam (4-membered cyclic amide) rings is 1. The Morgan fingerprint density at radius 3 is 1.76 bits per heavy atom. The van der Waals surface area contributed by atoms with Crippen LogP contribution in [0.5, 0.6) is 0 Å². The van der Waals surface area contributed by atoms with Crippen LogP contribution in [0.25, 0.3) is 0 Å². The summed E-state index contributed by atoms with van der Waals surface area (Å²) in [4.78, 5) is 24.7. The first-order valence-corrected chi connectivity index (χ1v) is 13.2. The summed E-state index contributed by atoms with van der Waals surface area (Å²) in [6.07, 6.45) is 1.09. The van der Waals surface area contributed by atoms with Crippen molar-refractivity contribution in [3.8, 4) is 0 Å². The van der Waals surface area contributed by atoms with Crippen LogP contribution in [-0.2, 0) is 27.5 Å². The van der Waals surface area contributed by atoms with Gasteiger partial charge in [-0.25, -0.2) is 0 Å². The molecule has 3 aromatic carbocycles. The van der Waals surface area contributed by atoms with Gasteiger partial charge in [0.05, 0.1) is 17.0 Å². The van der Waals surface area contributed by atoms with Gasteiger partial charge < -0.3 is 10.6 Å². The Bertz CT molecular complexity index is 988. The maximum atomic E-state index is 12.5. The molecule has 0 saturated carbocycles. The Morgan fingerprint density at radius 2 is 1.27 bits per heavy atom. The summed E-state index contributed by atoms with van der Waals surface area (Å²) in [5, 5.41) is 5.96. The van der Waals surface area contributed by atoms with Gasteiger partial charge in [0.15, 0.2) is 0 Å². The molecule has 2 unspecified atom stereocenters. The first-order chi connectivity index (χ1) is 16.2. The second kappa shape index (κ2) is 12.0. The molecule has 1 aliphatic heterocycles. The molecule has 4 rings (SSSR count). The molecule has 0 radical (unpaired) electrons. The Hall–Kier alpha value is -2.70. The normalized spacial score (nSPS) is 17.3. The number of nitrogens with one attached hydrogen (secondary N) is 2. The minimum absolute atomic E-state index is 0.0474. The molecule has 0 bridgehead atoms. The average molecular weight is 477 g/mol. The second-order valence-electron chi connectivity index (χ2n) is 8.08. The molecule has 2 N–H and O–H groups in total. The van der Waals surface area contributed by atoms with E-state index in [0.717, 1.165) is 23.5 Å². The van der Waals surface area contributed by atoms with Crippen molar-refractivity contribution in [1.82, 2.24) is 10.6 Å². The highest BCUT2D eigenvalue weighted by atomic mass is 32.2. The van der Waals surface area contributed by atoms with Crippen molar-refractivity contribution < 1.29 is 9.59 Å². The molecular weight excluding hydrogens is 448 g/mol. The molecule has 1 fully saturated rings. The van der Waals surface area contributed by atoms with Crippen LogP contribution in [-0.4, -0.2) is 28.5 Å². The first kappa shape index (κ1) is 23.5. The summed E-state index contributed by atoms with van der Waals surface area (Å²) in [6.45, 7) is 0. The van der Waals surface area contributed by atoms with Crippen LogP contribution in [0.1, 0.15) is 23.1 Å². The van der Waals surface area contributed by atoms with E-state index < -0.39 is 6.04 Å². The molecular formula is C27H28N2O2S2. The standard InChI is InChI=1S/C27H28N2O2S2/c30-24(16-20-10-4-1-5-11-20)29-26-23(28-27(26)31)17-25(32-18-21-12-6-2-7-13-21)33-19-22-14-8-3-9-15-22/h1-15,23,25-26H,16-19H2,(H,28,31)(H,29,30). The zero-order chi connectivity index (χ0) is 22.9. The van der Waals surface area contributed by atoms with Gasteiger partial charge in [0.2, 0.25) is 11.8 Å². The summed E-state index contributed by atoms with van der Waals surface area (Å²) in [5.41, 5.74) is 3.53. The largest absolute Gasteiger partial charge is 0.349 e. The van der Waals surface area contributed by atoms with Crippen molar-refractivity contribution >= 4 is 35.3 Å². The third-order valence-corrected chi connectivity index (χ3v) is 8.49. The van der Waals surface area contributed by atoms with Gasteiger partial charge in [-0.2, -0.15) is 0 Å². The number of hydrogen-bond donors (Lipinski definition) is 2. The van der Waals surface area contributed by atoms with E-state index in [0.29, 0.717) is 4.58 Å². The van der Waals surface area contributed by atoms with Crippen molar-refractivity contribution in [2.75, 3.05) is 0 Å². The Balaban J connectivity index is 1.34. The molecule has 1 heterocycles. The molecule has 3 aromatic rings. The topological polar surface area (TPSA) is 58.2 Å². The van der Waals surface area contributed by atoms with Crippen LogP contribution in [0.3, 0.4) is 0 Å². The lowest BCUT2D eigenvalue weighted by Crippen LogP contribution is -2.69. The zero-order valence-corrected chi connectivity index (χ0v) is 20.0. The van der Waals surface area contributed by atoms with Gasteiger partial charge in [-0.3, -0.25) is 9.59 Å². The van der Waals surface area contributed by atoms with Gasteiger partial charge in [-0.1, -0.05) is 91.0 Å². The molecule has 0 aromatic heterocycles. The summed E-state index contributed by atoms with van der Waals surface area (Å²) in [5.74, 6) is 1.62. The smallest absolute Gasteiger partial charge is 0.245 e. The van der Waals surface area contributed by atoms with Crippen molar-refractivity contribution in [2.45, 2.75) is 41.0 Å². The number of benzene rings is 3. The van der Waals surface area contributed by atoms with Gasteiger partial charge >= 0.3 is 0 Å². The van der Waals surface area contributed by atoms with Gasteiger partial charge in [-0.05, 0) is 23.1 Å². The monoisotopic (exact) mass is 476 g/mol. The number of amides is 2. The SMILES string of the molecule is O=C(Cc1ccccc1)NC1C(=O)NC1CC(SCc1ccccc1)SCc1ccccc1. The highest BCUT2D eigenvalue weighted by Crippen LogP contribution is 2.34. The third kappa shape index (κ3) is 7.14. The van der Waals surface area contributed by atoms with E-state index in [-0.39, 0.29) is 24.3 Å². The fourth-order valence-electron chi connectivity index (χ4n) is 3.73. The van der Waals surface area contributed by atoms with E-state index in [1.807, 2.05) is 66.0 Å². The Kier molecular flexibility index (Phi) is 8.50. The summed E-state index contributed by atoms with van der Waals surface area (Å²) >= 11 is 3.79. The summed E-state index contributed by atoms with van der Waals surface area (Å²) < 4.78 is 0.296. The number of rotatable bonds is 11. The highest BCUT2D eigenvalue weighted by Gasteiger charge is 2.41. The summed E-state index contributed by atoms with van der Waals surface area (Å²) in [6, 6.07) is 30.0. The van der Waals surface area contributed by atoms with Crippen molar-refractivity contribution in [3.63, 3.8) is 0 Å². The highest BCUT2D eigenvalue weighted by molar-refractivity contribution is 8.16. The Morgan fingerprint density at radius 1 is 0.788 bits per heavy atom. The van der Waals surface area contributed by atoms with Gasteiger partial charge in [0.1, 0.15) is 6.04 Å². The van der Waals surface area contributed by atoms with E-state index in [9.17, 15) is 9.59 Å². The van der Waals surface area contributed by atoms with E-state index in [1.54, 1.807) is 0 Å². The second-order valence-corrected chi connectivity index (χ2v) is 10.8. The maximum absolute atomic E-state index is 12.5. The maximum Gasteiger partial charge on any atom is 0.245 e. The Labute approximate surface area is 203 Å². The van der Waals surface area contributed by atoms with E-state index in [2.05, 4.69) is 59.2 Å². The van der Waals surface area contributed by atoms with Crippen LogP contribution in [0, 0.1) is 0 Å². The van der Waals surface area contributed by atoms with E-state index in [4.69, 9.17) is 0 Å². The van der Waals surface area contributed by atoms with Crippen molar-refractivity contribution in [1.29, 1.82) is 0 Å². The number of hydrogen-bond acceptors (Lipinski definition) is 4. The lowest BCUT2D eigenvalue weighted by atomic mass is 9.96. The van der Waals surface area contributed by atoms with Crippen molar-refractivity contribution in [2.24, 2.45) is 0 Å². The molecule has 170 valence electrons. The lowest BCUT2D eigenvalue weighted by Gasteiger charge is -2.39. The number of carbonyl (C=O) groups excluding carboxylic acids is 2. The molecule has 1 aliphatic rings. The van der Waals surface area contributed by atoms with Crippen molar-refractivity contribution in [3.05, 3.63) is 108 Å². The first-order valence-electron chi connectivity index (χ1n) is 11.1. The molecule has 2 atom stereocenters. The van der Waals surface area contributed by atoms with Crippen LogP contribution in [0.15, 0.2) is 91.0 Å². The third-order valence-electron chi connectivity index (χ3n) is 5.54. The zero-order valence-electron chi connectivity index (χ0n) is 18.4. The average Bonchev–Trinajstić information content (AvgIpc) is 2.85. The van der Waals surface area contributed by atoms with E-state index in [1.165, 1.54) is 11.1 Å². The van der Waals surface area contributed by atoms with Crippen LogP contribution in [0.2, 0.25) is 0 Å². The fourth-order valence-corrected chi connectivity index (χ4v) is 6.35. The predicted molar refractivity (Wildman–Crippen MR) is 138 cm³/mol. The van der Waals surface area contributed by atoms with Crippen LogP contribution < -0.4 is 10.6 Å². The fraction of sp³-hybridized carbons (Fsp3) is 0.259. The molecule has 0 spiro atoms. The van der Waals surface area contributed by atoms with Gasteiger partial charge in [0.25, 0.3) is 0 Å². The quantitative estimate of drug-likeness (QED) is 0.308. The number of thioether (sulfide) groups is 2. The lowest BCUT2D eigenvalue weighted by molar-refractivity contribution is -0.136. The minimum Gasteiger partial charge on any atom is -0.349 e. The van der Waals surface area contributed by atoms with E-state index >= 15 is 0 Å².